The molecule has 0 saturated heterocycles. The van der Waals surface area contributed by atoms with Gasteiger partial charge in [0.15, 0.2) is 0 Å². The summed E-state index contributed by atoms with van der Waals surface area (Å²) in [6, 6.07) is 10.9. The van der Waals surface area contributed by atoms with E-state index in [0.29, 0.717) is 0 Å². The van der Waals surface area contributed by atoms with Gasteiger partial charge in [-0.05, 0) is 37.3 Å². The lowest BCUT2D eigenvalue weighted by Crippen LogP contribution is -2.15. The molecule has 0 amide bonds. The van der Waals surface area contributed by atoms with Gasteiger partial charge in [0.25, 0.3) is 0 Å². The topological polar surface area (TPSA) is 180 Å². The van der Waals surface area contributed by atoms with Crippen LogP contribution in [0.25, 0.3) is 0 Å². The second kappa shape index (κ2) is 7.59. The van der Waals surface area contributed by atoms with Gasteiger partial charge in [-0.15, -0.1) is 0 Å². The Labute approximate surface area is 146 Å². The van der Waals surface area contributed by atoms with E-state index in [9.17, 15) is 25.3 Å². The fraction of sp³-hybridized carbons (Fsp3) is 0.0769. The van der Waals surface area contributed by atoms with Crippen LogP contribution in [0, 0.1) is 6.92 Å². The van der Waals surface area contributed by atoms with Gasteiger partial charge in [0.1, 0.15) is 0 Å². The third-order valence-corrected chi connectivity index (χ3v) is 5.56. The lowest BCUT2D eigenvalue weighted by atomic mass is 10.2. The number of primary sulfonamides is 3. The summed E-state index contributed by atoms with van der Waals surface area (Å²) in [5.41, 5.74) is 1.01. The minimum Gasteiger partial charge on any atom is -0.225 e. The Kier molecular flexibility index (Phi) is 6.44. The van der Waals surface area contributed by atoms with Crippen LogP contribution in [0.3, 0.4) is 0 Å². The van der Waals surface area contributed by atoms with E-state index in [-0.39, 0.29) is 14.7 Å². The summed E-state index contributed by atoms with van der Waals surface area (Å²) < 4.78 is 64.9. The normalized spacial score (nSPS) is 12.2. The zero-order chi connectivity index (χ0) is 19.5. The largest absolute Gasteiger partial charge is 0.238 e. The summed E-state index contributed by atoms with van der Waals surface area (Å²) >= 11 is 0. The molecule has 0 atom stereocenters. The number of benzene rings is 2. The number of aryl methyl sites for hydroxylation is 1. The van der Waals surface area contributed by atoms with E-state index in [4.69, 9.17) is 15.4 Å². The van der Waals surface area contributed by atoms with Crippen molar-refractivity contribution in [3.05, 3.63) is 54.1 Å². The molecule has 0 aliphatic heterocycles. The zero-order valence-corrected chi connectivity index (χ0v) is 15.5. The van der Waals surface area contributed by atoms with Crippen molar-refractivity contribution >= 4 is 30.1 Å². The molecule has 0 fully saturated rings. The molecule has 2 aromatic carbocycles. The first-order valence-electron chi connectivity index (χ1n) is 6.46. The summed E-state index contributed by atoms with van der Waals surface area (Å²) in [6.07, 6.45) is 0. The summed E-state index contributed by atoms with van der Waals surface area (Å²) in [6.45, 7) is 1.88. The van der Waals surface area contributed by atoms with Gasteiger partial charge in [-0.25, -0.2) is 40.7 Å². The summed E-state index contributed by atoms with van der Waals surface area (Å²) in [7, 11) is -11.3. The highest BCUT2D eigenvalue weighted by atomic mass is 32.2. The quantitative estimate of drug-likeness (QED) is 0.623. The van der Waals surface area contributed by atoms with Crippen molar-refractivity contribution in [3.63, 3.8) is 0 Å². The van der Waals surface area contributed by atoms with Crippen LogP contribution in [0.1, 0.15) is 5.56 Å². The Morgan fingerprint density at radius 3 is 1.28 bits per heavy atom. The molecular weight excluding hydrogens is 390 g/mol. The average Bonchev–Trinajstić information content (AvgIpc) is 2.46. The Bertz CT molecular complexity index is 1010. The van der Waals surface area contributed by atoms with Gasteiger partial charge < -0.3 is 0 Å². The highest BCUT2D eigenvalue weighted by Gasteiger charge is 2.13. The molecule has 0 aliphatic carbocycles. The highest BCUT2D eigenvalue weighted by Crippen LogP contribution is 2.12. The van der Waals surface area contributed by atoms with E-state index in [1.54, 1.807) is 12.1 Å². The van der Waals surface area contributed by atoms with Gasteiger partial charge in [-0.3, -0.25) is 0 Å². The Balaban J connectivity index is 0.000000257. The molecule has 138 valence electrons. The molecule has 0 aromatic heterocycles. The van der Waals surface area contributed by atoms with Crippen LogP contribution < -0.4 is 15.4 Å². The van der Waals surface area contributed by atoms with E-state index in [0.717, 1.165) is 11.6 Å². The zero-order valence-electron chi connectivity index (χ0n) is 13.0. The van der Waals surface area contributed by atoms with Gasteiger partial charge in [0.05, 0.1) is 14.7 Å². The molecule has 2 aromatic rings. The Hall–Kier alpha value is -1.83. The molecule has 0 saturated carbocycles. The SMILES string of the molecule is Cc1ccc(S(N)(=O)=O)cc1.NS(=O)(=O)c1cccc(S(N)(=O)=O)c1. The van der Waals surface area contributed by atoms with E-state index in [2.05, 4.69) is 0 Å². The minimum atomic E-state index is -3.91. The predicted molar refractivity (Wildman–Crippen MR) is 91.7 cm³/mol. The molecule has 0 heterocycles. The summed E-state index contributed by atoms with van der Waals surface area (Å²) in [5.74, 6) is 0. The van der Waals surface area contributed by atoms with Crippen molar-refractivity contribution in [2.24, 2.45) is 15.4 Å². The Morgan fingerprint density at radius 1 is 0.600 bits per heavy atom. The van der Waals surface area contributed by atoms with Crippen molar-refractivity contribution in [2.75, 3.05) is 0 Å². The van der Waals surface area contributed by atoms with Gasteiger partial charge >= 0.3 is 0 Å². The first-order chi connectivity index (χ1) is 11.2. The molecule has 6 N–H and O–H groups in total. The fourth-order valence-corrected chi connectivity index (χ4v) is 3.27. The van der Waals surface area contributed by atoms with Crippen LogP contribution in [0.15, 0.2) is 63.2 Å². The van der Waals surface area contributed by atoms with Gasteiger partial charge in [-0.1, -0.05) is 23.8 Å². The van der Waals surface area contributed by atoms with Crippen LogP contribution in [-0.4, -0.2) is 25.3 Å². The van der Waals surface area contributed by atoms with Gasteiger partial charge in [0.2, 0.25) is 30.1 Å². The summed E-state index contributed by atoms with van der Waals surface area (Å²) in [5, 5.41) is 14.5. The molecule has 25 heavy (non-hydrogen) atoms. The highest BCUT2D eigenvalue weighted by molar-refractivity contribution is 7.90. The van der Waals surface area contributed by atoms with Crippen molar-refractivity contribution in [3.8, 4) is 0 Å². The molecular formula is C13H17N3O6S3. The molecule has 0 radical (unpaired) electrons. The number of hydrogen-bond donors (Lipinski definition) is 3. The monoisotopic (exact) mass is 407 g/mol. The van der Waals surface area contributed by atoms with Crippen LogP contribution in [0.4, 0.5) is 0 Å². The van der Waals surface area contributed by atoms with Crippen molar-refractivity contribution in [1.29, 1.82) is 0 Å². The lowest BCUT2D eigenvalue weighted by molar-refractivity contribution is 0.594. The number of nitrogens with two attached hydrogens (primary N) is 3. The molecule has 0 spiro atoms. The third-order valence-electron chi connectivity index (χ3n) is 2.81. The second-order valence-electron chi connectivity index (χ2n) is 4.92. The maximum absolute atomic E-state index is 10.9. The molecule has 2 rings (SSSR count). The molecule has 12 heteroatoms. The maximum atomic E-state index is 10.9. The first kappa shape index (κ1) is 21.2. The minimum absolute atomic E-state index is 0.156. The maximum Gasteiger partial charge on any atom is 0.238 e. The van der Waals surface area contributed by atoms with Crippen LogP contribution >= 0.6 is 0 Å². The van der Waals surface area contributed by atoms with Crippen LogP contribution in [0.5, 0.6) is 0 Å². The predicted octanol–water partition coefficient (Wildman–Crippen LogP) is -0.376. The van der Waals surface area contributed by atoms with Gasteiger partial charge in [0, 0.05) is 0 Å². The van der Waals surface area contributed by atoms with E-state index in [1.807, 2.05) is 6.92 Å². The van der Waals surface area contributed by atoms with E-state index in [1.165, 1.54) is 30.3 Å². The van der Waals surface area contributed by atoms with Crippen LogP contribution in [-0.2, 0) is 30.1 Å². The smallest absolute Gasteiger partial charge is 0.225 e. The standard InChI is InChI=1S/C7H9NO2S.C6H8N2O4S2/c1-6-2-4-7(5-3-6)11(8,9)10;7-13(9,10)5-2-1-3-6(4-5)14(8,11)12/h2-5H,1H3,(H2,8,9,10);1-4H,(H2,7,9,10)(H2,8,11,12). The van der Waals surface area contributed by atoms with Crippen molar-refractivity contribution in [2.45, 2.75) is 21.6 Å². The molecule has 9 nitrogen and oxygen atoms in total. The van der Waals surface area contributed by atoms with E-state index >= 15 is 0 Å². The third kappa shape index (κ3) is 6.89. The fourth-order valence-electron chi connectivity index (χ4n) is 1.56. The van der Waals surface area contributed by atoms with Gasteiger partial charge in [-0.2, -0.15) is 0 Å². The summed E-state index contributed by atoms with van der Waals surface area (Å²) in [4.78, 5) is -0.420. The lowest BCUT2D eigenvalue weighted by Gasteiger charge is -2.00. The average molecular weight is 407 g/mol. The number of hydrogen-bond acceptors (Lipinski definition) is 6. The van der Waals surface area contributed by atoms with Crippen molar-refractivity contribution in [1.82, 2.24) is 0 Å². The first-order valence-corrected chi connectivity index (χ1v) is 11.1. The molecule has 0 aliphatic rings. The molecule has 0 bridgehead atoms. The number of sulfonamides is 3. The van der Waals surface area contributed by atoms with Crippen molar-refractivity contribution < 1.29 is 25.3 Å². The Morgan fingerprint density at radius 2 is 0.960 bits per heavy atom. The second-order valence-corrected chi connectivity index (χ2v) is 9.61. The number of rotatable bonds is 3. The van der Waals surface area contributed by atoms with Crippen LogP contribution in [0.2, 0.25) is 0 Å². The van der Waals surface area contributed by atoms with E-state index < -0.39 is 30.1 Å². The molecule has 0 unspecified atom stereocenters.